The van der Waals surface area contributed by atoms with Crippen LogP contribution < -0.4 is 9.64 Å². The van der Waals surface area contributed by atoms with E-state index in [1.165, 1.54) is 16.7 Å². The number of hydrogen-bond acceptors (Lipinski definition) is 7. The third-order valence-electron chi connectivity index (χ3n) is 7.43. The number of carboxylic acid groups (broad SMARTS) is 1. The van der Waals surface area contributed by atoms with Crippen molar-refractivity contribution in [3.8, 4) is 17.0 Å². The molecule has 2 aromatic carbocycles. The molecule has 7 nitrogen and oxygen atoms in total. The standard InChI is InChI=1S/C29H35N3O4S/c1-20-15-22(17-31-11-13-35-14-12-31)7-8-24(20)18-36-27-6-4-3-5-25(27)26-19-37-29(30-26)32-10-9-23(28(33)34)16-21(32)2/h3-8,15,19,21,23H,9-14,16-18H2,1-2H3,(H,33,34). The maximum absolute atomic E-state index is 11.4. The topological polar surface area (TPSA) is 75.1 Å². The number of aryl methyl sites for hydroxylation is 1. The summed E-state index contributed by atoms with van der Waals surface area (Å²) in [5.41, 5.74) is 5.59. The number of nitrogens with zero attached hydrogens (tertiary/aromatic N) is 3. The fraction of sp³-hybridized carbons (Fsp3) is 0.448. The average Bonchev–Trinajstić information content (AvgIpc) is 3.39. The molecule has 2 saturated heterocycles. The Bertz CT molecular complexity index is 1220. The van der Waals surface area contributed by atoms with E-state index in [9.17, 15) is 9.90 Å². The molecular weight excluding hydrogens is 486 g/mol. The number of aliphatic carboxylic acids is 1. The maximum Gasteiger partial charge on any atom is 0.306 e. The zero-order valence-electron chi connectivity index (χ0n) is 21.6. The van der Waals surface area contributed by atoms with Crippen molar-refractivity contribution in [1.82, 2.24) is 9.88 Å². The molecule has 0 saturated carbocycles. The minimum absolute atomic E-state index is 0.148. The van der Waals surface area contributed by atoms with Crippen molar-refractivity contribution >= 4 is 22.4 Å². The minimum atomic E-state index is -0.695. The van der Waals surface area contributed by atoms with Crippen molar-refractivity contribution in [2.45, 2.75) is 45.9 Å². The predicted octanol–water partition coefficient (Wildman–Crippen LogP) is 5.22. The fourth-order valence-electron chi connectivity index (χ4n) is 5.20. The van der Waals surface area contributed by atoms with Gasteiger partial charge in [-0.05, 0) is 55.5 Å². The van der Waals surface area contributed by atoms with Crippen LogP contribution in [0.15, 0.2) is 47.8 Å². The number of thiazole rings is 1. The number of anilines is 1. The van der Waals surface area contributed by atoms with Gasteiger partial charge in [-0.25, -0.2) is 4.98 Å². The maximum atomic E-state index is 11.4. The highest BCUT2D eigenvalue weighted by Gasteiger charge is 2.31. The Morgan fingerprint density at radius 2 is 2.00 bits per heavy atom. The van der Waals surface area contributed by atoms with E-state index in [1.54, 1.807) is 11.3 Å². The van der Waals surface area contributed by atoms with Gasteiger partial charge in [0.1, 0.15) is 12.4 Å². The minimum Gasteiger partial charge on any atom is -0.488 e. The molecule has 2 atom stereocenters. The van der Waals surface area contributed by atoms with Crippen molar-refractivity contribution in [3.63, 3.8) is 0 Å². The summed E-state index contributed by atoms with van der Waals surface area (Å²) in [5, 5.41) is 12.4. The first-order chi connectivity index (χ1) is 18.0. The Morgan fingerprint density at radius 3 is 2.76 bits per heavy atom. The zero-order chi connectivity index (χ0) is 25.8. The van der Waals surface area contributed by atoms with Gasteiger partial charge in [0.15, 0.2) is 5.13 Å². The van der Waals surface area contributed by atoms with E-state index < -0.39 is 5.97 Å². The van der Waals surface area contributed by atoms with E-state index in [0.717, 1.165) is 55.0 Å². The molecule has 5 rings (SSSR count). The van der Waals surface area contributed by atoms with E-state index in [-0.39, 0.29) is 12.0 Å². The van der Waals surface area contributed by atoms with Gasteiger partial charge in [0.05, 0.1) is 24.8 Å². The molecule has 0 radical (unpaired) electrons. The van der Waals surface area contributed by atoms with Gasteiger partial charge in [-0.2, -0.15) is 0 Å². The van der Waals surface area contributed by atoms with Crippen LogP contribution in [0.3, 0.4) is 0 Å². The molecule has 2 aliphatic heterocycles. The molecule has 37 heavy (non-hydrogen) atoms. The first kappa shape index (κ1) is 25.7. The lowest BCUT2D eigenvalue weighted by Gasteiger charge is -2.36. The largest absolute Gasteiger partial charge is 0.488 e. The molecule has 0 bridgehead atoms. The second-order valence-electron chi connectivity index (χ2n) is 10.1. The highest BCUT2D eigenvalue weighted by atomic mass is 32.1. The van der Waals surface area contributed by atoms with Crippen LogP contribution in [0, 0.1) is 12.8 Å². The predicted molar refractivity (Wildman–Crippen MR) is 146 cm³/mol. The number of aromatic nitrogens is 1. The number of hydrogen-bond donors (Lipinski definition) is 1. The van der Waals surface area contributed by atoms with Gasteiger partial charge in [-0.1, -0.05) is 30.3 Å². The molecule has 0 aliphatic carbocycles. The Hall–Kier alpha value is -2.94. The third kappa shape index (κ3) is 6.14. The SMILES string of the molecule is Cc1cc(CN2CCOCC2)ccc1COc1ccccc1-c1csc(N2CCC(C(=O)O)CC2C)n1. The summed E-state index contributed by atoms with van der Waals surface area (Å²) in [6.07, 6.45) is 1.30. The molecule has 0 spiro atoms. The van der Waals surface area contributed by atoms with E-state index in [1.807, 2.05) is 24.3 Å². The summed E-state index contributed by atoms with van der Waals surface area (Å²) in [4.78, 5) is 21.0. The van der Waals surface area contributed by atoms with Gasteiger partial charge in [0.25, 0.3) is 0 Å². The van der Waals surface area contributed by atoms with Gasteiger partial charge >= 0.3 is 5.97 Å². The summed E-state index contributed by atoms with van der Waals surface area (Å²) in [6, 6.07) is 14.8. The van der Waals surface area contributed by atoms with Crippen LogP contribution in [0.2, 0.25) is 0 Å². The number of ether oxygens (including phenoxy) is 2. The number of para-hydroxylation sites is 1. The van der Waals surface area contributed by atoms with Gasteiger partial charge < -0.3 is 19.5 Å². The highest BCUT2D eigenvalue weighted by molar-refractivity contribution is 7.14. The highest BCUT2D eigenvalue weighted by Crippen LogP contribution is 2.36. The van der Waals surface area contributed by atoms with Crippen LogP contribution in [0.5, 0.6) is 5.75 Å². The molecule has 2 unspecified atom stereocenters. The van der Waals surface area contributed by atoms with E-state index >= 15 is 0 Å². The van der Waals surface area contributed by atoms with Crippen molar-refractivity contribution in [1.29, 1.82) is 0 Å². The summed E-state index contributed by atoms with van der Waals surface area (Å²) in [7, 11) is 0. The first-order valence-electron chi connectivity index (χ1n) is 13.0. The number of benzene rings is 2. The summed E-state index contributed by atoms with van der Waals surface area (Å²) in [5.74, 6) is -0.148. The number of morpholine rings is 1. The molecular formula is C29H35N3O4S. The quantitative estimate of drug-likeness (QED) is 0.436. The Morgan fingerprint density at radius 1 is 1.19 bits per heavy atom. The van der Waals surface area contributed by atoms with E-state index in [4.69, 9.17) is 14.5 Å². The summed E-state index contributed by atoms with van der Waals surface area (Å²) >= 11 is 1.61. The molecule has 8 heteroatoms. The van der Waals surface area contributed by atoms with Gasteiger partial charge in [0, 0.05) is 43.2 Å². The van der Waals surface area contributed by atoms with Crippen LogP contribution in [0.25, 0.3) is 11.3 Å². The molecule has 3 heterocycles. The Balaban J connectivity index is 1.25. The number of piperidine rings is 1. The third-order valence-corrected chi connectivity index (χ3v) is 8.30. The van der Waals surface area contributed by atoms with Gasteiger partial charge in [0.2, 0.25) is 0 Å². The van der Waals surface area contributed by atoms with Crippen LogP contribution in [-0.4, -0.2) is 59.8 Å². The van der Waals surface area contributed by atoms with Crippen LogP contribution in [-0.2, 0) is 22.7 Å². The van der Waals surface area contributed by atoms with Crippen molar-refractivity contribution in [2.75, 3.05) is 37.7 Å². The van der Waals surface area contributed by atoms with Gasteiger partial charge in [-0.3, -0.25) is 9.69 Å². The molecule has 196 valence electrons. The average molecular weight is 522 g/mol. The molecule has 3 aromatic rings. The molecule has 1 N–H and O–H groups in total. The van der Waals surface area contributed by atoms with Crippen molar-refractivity contribution in [2.24, 2.45) is 5.92 Å². The number of carbonyl (C=O) groups is 1. The molecule has 0 amide bonds. The number of rotatable bonds is 8. The van der Waals surface area contributed by atoms with E-state index in [0.29, 0.717) is 26.0 Å². The number of carboxylic acids is 1. The van der Waals surface area contributed by atoms with Crippen LogP contribution >= 0.6 is 11.3 Å². The monoisotopic (exact) mass is 521 g/mol. The smallest absolute Gasteiger partial charge is 0.306 e. The van der Waals surface area contributed by atoms with Gasteiger partial charge in [-0.15, -0.1) is 11.3 Å². The zero-order valence-corrected chi connectivity index (χ0v) is 22.4. The van der Waals surface area contributed by atoms with E-state index in [2.05, 4.69) is 47.2 Å². The van der Waals surface area contributed by atoms with Crippen molar-refractivity contribution < 1.29 is 19.4 Å². The lowest BCUT2D eigenvalue weighted by atomic mass is 9.92. The van der Waals surface area contributed by atoms with Crippen LogP contribution in [0.1, 0.15) is 36.5 Å². The lowest BCUT2D eigenvalue weighted by Crippen LogP contribution is -2.42. The summed E-state index contributed by atoms with van der Waals surface area (Å²) < 4.78 is 11.8. The fourth-order valence-corrected chi connectivity index (χ4v) is 6.15. The lowest BCUT2D eigenvalue weighted by molar-refractivity contribution is -0.142. The molecule has 2 aliphatic rings. The Labute approximate surface area is 222 Å². The second-order valence-corrected chi connectivity index (χ2v) is 10.9. The molecule has 1 aromatic heterocycles. The molecule has 2 fully saturated rings. The Kier molecular flexibility index (Phi) is 8.08. The summed E-state index contributed by atoms with van der Waals surface area (Å²) in [6.45, 7) is 9.99. The normalized spacial score (nSPS) is 20.6. The van der Waals surface area contributed by atoms with Crippen molar-refractivity contribution in [3.05, 3.63) is 64.5 Å². The van der Waals surface area contributed by atoms with Crippen LogP contribution in [0.4, 0.5) is 5.13 Å². The first-order valence-corrected chi connectivity index (χ1v) is 13.9. The second kappa shape index (κ2) is 11.6.